The molecule has 3 N–H and O–H groups in total. The van der Waals surface area contributed by atoms with Gasteiger partial charge in [-0.3, -0.25) is 18.7 Å². The van der Waals surface area contributed by atoms with E-state index in [0.29, 0.717) is 6.42 Å². The molecule has 1 saturated heterocycles. The number of imidazole rings is 1. The number of nitrogen functional groups attached to an aromatic ring is 1. The first-order chi connectivity index (χ1) is 36.5. The highest BCUT2D eigenvalue weighted by Crippen LogP contribution is 2.49. The van der Waals surface area contributed by atoms with Crippen LogP contribution in [0.5, 0.6) is 5.75 Å². The van der Waals surface area contributed by atoms with Gasteiger partial charge in [-0.15, -0.1) is 6.42 Å². The third-order valence-corrected chi connectivity index (χ3v) is 15.7. The highest BCUT2D eigenvalue weighted by Gasteiger charge is 2.53. The lowest BCUT2D eigenvalue weighted by Gasteiger charge is -2.31. The number of terminal acetylenes is 1. The zero-order valence-electron chi connectivity index (χ0n) is 45.4. The lowest BCUT2D eigenvalue weighted by molar-refractivity contribution is -0.158. The van der Waals surface area contributed by atoms with E-state index in [1.54, 1.807) is 30.3 Å². The number of nitrogens with one attached hydrogen (secondary N) is 1. The molecule has 414 valence electrons. The lowest BCUT2D eigenvalue weighted by atomic mass is 9.98. The molecule has 1 aliphatic rings. The number of benzene rings is 2. The maximum Gasteiger partial charge on any atom is 0.459 e. The van der Waals surface area contributed by atoms with Crippen LogP contribution in [-0.2, 0) is 39.3 Å². The lowest BCUT2D eigenvalue weighted by Crippen LogP contribution is -2.46. The number of hydrogen-bond donors (Lipinski definition) is 2. The van der Waals surface area contributed by atoms with Gasteiger partial charge in [-0.2, -0.15) is 19.4 Å². The minimum absolute atomic E-state index is 0.0341. The van der Waals surface area contributed by atoms with E-state index in [0.717, 1.165) is 89.0 Å². The highest BCUT2D eigenvalue weighted by molar-refractivity contribution is 7.52. The molecule has 0 saturated carbocycles. The van der Waals surface area contributed by atoms with Crippen molar-refractivity contribution in [3.63, 3.8) is 0 Å². The van der Waals surface area contributed by atoms with Crippen LogP contribution in [0.25, 0.3) is 11.2 Å². The van der Waals surface area contributed by atoms with Crippen molar-refractivity contribution in [2.75, 3.05) is 12.3 Å². The molecule has 0 radical (unpaired) electrons. The molecule has 1 fully saturated rings. The number of carbonyl (C=O) groups excluding carboxylic acids is 2. The van der Waals surface area contributed by atoms with Crippen molar-refractivity contribution in [2.45, 2.75) is 237 Å². The first kappa shape index (κ1) is 61.0. The molecule has 0 amide bonds. The van der Waals surface area contributed by atoms with Gasteiger partial charge in [0.25, 0.3) is 0 Å². The van der Waals surface area contributed by atoms with Gasteiger partial charge in [-0.1, -0.05) is 210 Å². The smallest absolute Gasteiger partial charge is 0.459 e. The van der Waals surface area contributed by atoms with Crippen molar-refractivity contribution < 1.29 is 41.8 Å². The fourth-order valence-electron chi connectivity index (χ4n) is 9.73. The van der Waals surface area contributed by atoms with Crippen LogP contribution in [0.15, 0.2) is 67.0 Å². The summed E-state index contributed by atoms with van der Waals surface area (Å²) in [6.07, 6.45) is 32.9. The van der Waals surface area contributed by atoms with Crippen LogP contribution in [-0.4, -0.2) is 61.9 Å². The largest absolute Gasteiger partial charge is 0.461 e. The van der Waals surface area contributed by atoms with E-state index in [-0.39, 0.29) is 48.1 Å². The maximum atomic E-state index is 15.6. The number of anilines is 1. The third kappa shape index (κ3) is 21.2. The van der Waals surface area contributed by atoms with Gasteiger partial charge in [-0.25, -0.2) is 9.55 Å². The van der Waals surface area contributed by atoms with Crippen LogP contribution in [0, 0.1) is 18.4 Å². The van der Waals surface area contributed by atoms with Crippen LogP contribution in [0.2, 0.25) is 0 Å². The summed E-state index contributed by atoms with van der Waals surface area (Å²) in [6, 6.07) is 16.7. The van der Waals surface area contributed by atoms with Crippen molar-refractivity contribution in [3.8, 4) is 18.1 Å². The summed E-state index contributed by atoms with van der Waals surface area (Å²) in [7, 11) is -4.63. The summed E-state index contributed by atoms with van der Waals surface area (Å²) in [5, 5.41) is 3.00. The topological polar surface area (TPSA) is 179 Å². The molecule has 2 aromatic heterocycles. The Kier molecular flexibility index (Phi) is 27.7. The third-order valence-electron chi connectivity index (χ3n) is 14.1. The number of halogens is 1. The Morgan fingerprint density at radius 1 is 0.800 bits per heavy atom. The van der Waals surface area contributed by atoms with E-state index in [9.17, 15) is 14.0 Å². The zero-order valence-corrected chi connectivity index (χ0v) is 46.3. The molecule has 3 heterocycles. The van der Waals surface area contributed by atoms with Gasteiger partial charge in [0, 0.05) is 12.8 Å². The van der Waals surface area contributed by atoms with E-state index in [1.807, 2.05) is 30.3 Å². The van der Waals surface area contributed by atoms with E-state index < -0.39 is 56.3 Å². The second-order valence-corrected chi connectivity index (χ2v) is 22.1. The van der Waals surface area contributed by atoms with Crippen LogP contribution >= 0.6 is 7.75 Å². The molecule has 5 atom stereocenters. The molecule has 0 aliphatic carbocycles. The average Bonchev–Trinajstić information content (AvgIpc) is 4.00. The minimum atomic E-state index is -4.63. The normalized spacial score (nSPS) is 17.7. The zero-order chi connectivity index (χ0) is 53.6. The van der Waals surface area contributed by atoms with Crippen LogP contribution in [0.3, 0.4) is 0 Å². The highest BCUT2D eigenvalue weighted by atomic mass is 31.2. The second-order valence-electron chi connectivity index (χ2n) is 20.4. The van der Waals surface area contributed by atoms with Gasteiger partial charge in [0.05, 0.1) is 6.33 Å². The molecule has 1 aliphatic heterocycles. The number of nitrogens with zero attached hydrogens (tertiary/aromatic N) is 4. The van der Waals surface area contributed by atoms with Gasteiger partial charge in [-0.05, 0) is 56.2 Å². The van der Waals surface area contributed by atoms with Crippen molar-refractivity contribution in [1.82, 2.24) is 24.6 Å². The molecule has 4 aromatic rings. The summed E-state index contributed by atoms with van der Waals surface area (Å²) >= 11 is 0. The van der Waals surface area contributed by atoms with Gasteiger partial charge < -0.3 is 24.5 Å². The number of esters is 2. The predicted molar refractivity (Wildman–Crippen MR) is 295 cm³/mol. The Labute approximate surface area is 447 Å². The minimum Gasteiger partial charge on any atom is -0.461 e. The standard InChI is InChI=1S/C59H88FN6O8P/c1-5-9-12-15-18-20-22-24-31-38-48(39-32-25-23-21-19-16-13-10-6-2)71-57(68)50(43-47-36-29-27-30-37-47)65-75(69,74-49-40-33-28-34-41-49)70-45-59(8-4)51(72-53(67)42-35-26-17-14-11-7-3)44-52(73-59)66-46-62-54-55(61)63-58(60)64-56(54)66/h4,27-30,33-34,36-37,40-41,46,48,50-52H,5-7,9-26,31-32,35,38-39,42-45H2,1-3H3,(H,65,69)(H2,61,63,64)/t50-,51-,52+,59+,75-/m0/s1. The summed E-state index contributed by atoms with van der Waals surface area (Å²) in [5.41, 5.74) is 5.10. The number of carbonyl (C=O) groups is 2. The SMILES string of the molecule is C#C[C@]1(CO[P@@](=O)(N[C@@H](Cc2ccccc2)C(=O)OC(CCCCCCCCCCC)CCCCCCCCCCC)Oc2ccccc2)O[C@@H](n2cnc3c(N)nc(F)nc32)C[C@@H]1OC(=O)CCCCCCCC. The summed E-state index contributed by atoms with van der Waals surface area (Å²) in [4.78, 5) is 40.2. The van der Waals surface area contributed by atoms with Crippen molar-refractivity contribution in [3.05, 3.63) is 78.6 Å². The van der Waals surface area contributed by atoms with Crippen molar-refractivity contribution in [2.24, 2.45) is 0 Å². The molecule has 75 heavy (non-hydrogen) atoms. The number of hydrogen-bond acceptors (Lipinski definition) is 12. The van der Waals surface area contributed by atoms with E-state index in [4.69, 9.17) is 35.4 Å². The molecule has 5 rings (SSSR count). The molecule has 0 bridgehead atoms. The molecule has 14 nitrogen and oxygen atoms in total. The number of nitrogens with two attached hydrogens (primary N) is 1. The van der Waals surface area contributed by atoms with Gasteiger partial charge >= 0.3 is 25.8 Å². The van der Waals surface area contributed by atoms with Gasteiger partial charge in [0.2, 0.25) is 0 Å². The van der Waals surface area contributed by atoms with E-state index in [2.05, 4.69) is 46.7 Å². The maximum absolute atomic E-state index is 15.6. The first-order valence-electron chi connectivity index (χ1n) is 28.5. The Hall–Kier alpha value is -4.87. The fraction of sp³-hybridized carbons (Fsp3) is 0.644. The summed E-state index contributed by atoms with van der Waals surface area (Å²) in [5.74, 6) is 1.61. The number of aromatic nitrogens is 4. The van der Waals surface area contributed by atoms with Crippen molar-refractivity contribution >= 4 is 36.7 Å². The Morgan fingerprint density at radius 3 is 1.89 bits per heavy atom. The number of ether oxygens (including phenoxy) is 3. The summed E-state index contributed by atoms with van der Waals surface area (Å²) in [6.45, 7) is 5.99. The molecule has 0 spiro atoms. The number of rotatable bonds is 40. The van der Waals surface area contributed by atoms with Gasteiger partial charge in [0.1, 0.15) is 36.8 Å². The molecule has 2 aromatic carbocycles. The number of para-hydroxylation sites is 1. The quantitative estimate of drug-likeness (QED) is 0.0141. The number of fused-ring (bicyclic) bond motifs is 1. The first-order valence-corrected chi connectivity index (χ1v) is 30.1. The predicted octanol–water partition coefficient (Wildman–Crippen LogP) is 14.7. The van der Waals surface area contributed by atoms with E-state index >= 15 is 4.57 Å². The molecule has 16 heteroatoms. The van der Waals surface area contributed by atoms with Crippen LogP contribution in [0.1, 0.15) is 212 Å². The average molecular weight is 1060 g/mol. The Bertz CT molecular complexity index is 2310. The monoisotopic (exact) mass is 1060 g/mol. The second kappa shape index (κ2) is 34.0. The van der Waals surface area contributed by atoms with Crippen LogP contribution in [0.4, 0.5) is 10.2 Å². The Morgan fingerprint density at radius 2 is 1.33 bits per heavy atom. The Balaban J connectivity index is 1.39. The van der Waals surface area contributed by atoms with Crippen LogP contribution < -0.4 is 15.3 Å². The van der Waals surface area contributed by atoms with E-state index in [1.165, 1.54) is 87.9 Å². The summed E-state index contributed by atoms with van der Waals surface area (Å²) < 4.78 is 63.4. The molecular weight excluding hydrogens is 971 g/mol. The van der Waals surface area contributed by atoms with Crippen molar-refractivity contribution in [1.29, 1.82) is 0 Å². The fourth-order valence-corrected chi connectivity index (χ4v) is 11.2. The molecular formula is C59H88FN6O8P. The molecule has 0 unspecified atom stereocenters. The van der Waals surface area contributed by atoms with Gasteiger partial charge in [0.15, 0.2) is 22.6 Å². The number of unbranched alkanes of at least 4 members (excludes halogenated alkanes) is 21.